The van der Waals surface area contributed by atoms with Crippen LogP contribution in [0.5, 0.6) is 0 Å². The summed E-state index contributed by atoms with van der Waals surface area (Å²) in [5, 5.41) is 4.76. The highest BCUT2D eigenvalue weighted by Gasteiger charge is 2.27. The molecule has 2 heteroatoms. The molecule has 0 radical (unpaired) electrons. The molecule has 0 aromatic heterocycles. The van der Waals surface area contributed by atoms with Gasteiger partial charge in [0.25, 0.3) is 0 Å². The first-order valence-electron chi connectivity index (χ1n) is 6.60. The highest BCUT2D eigenvalue weighted by Crippen LogP contribution is 2.29. The quantitative estimate of drug-likeness (QED) is 0.712. The van der Waals surface area contributed by atoms with E-state index in [-0.39, 0.29) is 0 Å². The minimum absolute atomic E-state index is 0.766. The molecule has 1 aliphatic carbocycles. The van der Waals surface area contributed by atoms with E-state index in [1.807, 2.05) is 0 Å². The van der Waals surface area contributed by atoms with Crippen LogP contribution in [0.15, 0.2) is 0 Å². The Balaban J connectivity index is 2.29. The van der Waals surface area contributed by atoms with Gasteiger partial charge in [-0.05, 0) is 31.9 Å². The average Bonchev–Trinajstić information content (AvgIpc) is 2.71. The summed E-state index contributed by atoms with van der Waals surface area (Å²) in [4.78, 5) is 0. The third kappa shape index (κ3) is 4.36. The van der Waals surface area contributed by atoms with Gasteiger partial charge < -0.3 is 5.32 Å². The van der Waals surface area contributed by atoms with Gasteiger partial charge in [0, 0.05) is 17.3 Å². The van der Waals surface area contributed by atoms with Crippen molar-refractivity contribution in [3.05, 3.63) is 0 Å². The summed E-state index contributed by atoms with van der Waals surface area (Å²) in [6, 6.07) is 1.56. The van der Waals surface area contributed by atoms with Crippen molar-refractivity contribution in [2.45, 2.75) is 76.1 Å². The van der Waals surface area contributed by atoms with Crippen LogP contribution in [-0.2, 0) is 0 Å². The summed E-state index contributed by atoms with van der Waals surface area (Å²) in [5.41, 5.74) is 0. The summed E-state index contributed by atoms with van der Waals surface area (Å²) in [6.07, 6.45) is 11.9. The molecule has 1 aliphatic rings. The van der Waals surface area contributed by atoms with Gasteiger partial charge in [-0.3, -0.25) is 0 Å². The lowest BCUT2D eigenvalue weighted by Gasteiger charge is -2.25. The molecule has 15 heavy (non-hydrogen) atoms. The third-order valence-corrected chi connectivity index (χ3v) is 4.77. The molecule has 0 heterocycles. The van der Waals surface area contributed by atoms with Gasteiger partial charge in [0.15, 0.2) is 0 Å². The SMILES string of the molecule is CCCCC(CC)NC1CCCC1SC. The fourth-order valence-electron chi connectivity index (χ4n) is 2.56. The van der Waals surface area contributed by atoms with Gasteiger partial charge in [-0.15, -0.1) is 0 Å². The molecule has 1 nitrogen and oxygen atoms in total. The van der Waals surface area contributed by atoms with Crippen molar-refractivity contribution in [1.29, 1.82) is 0 Å². The molecule has 0 aromatic rings. The zero-order valence-corrected chi connectivity index (χ0v) is 11.4. The van der Waals surface area contributed by atoms with E-state index in [0.29, 0.717) is 0 Å². The second kappa shape index (κ2) is 7.56. The molecule has 1 N–H and O–H groups in total. The molecule has 3 atom stereocenters. The molecule has 0 aromatic carbocycles. The Labute approximate surface area is 99.8 Å². The van der Waals surface area contributed by atoms with Crippen LogP contribution in [0.2, 0.25) is 0 Å². The average molecular weight is 229 g/mol. The molecule has 0 aliphatic heterocycles. The molecule has 0 saturated heterocycles. The topological polar surface area (TPSA) is 12.0 Å². The van der Waals surface area contributed by atoms with E-state index < -0.39 is 0 Å². The second-order valence-electron chi connectivity index (χ2n) is 4.73. The smallest absolute Gasteiger partial charge is 0.0198 e. The first-order valence-corrected chi connectivity index (χ1v) is 7.89. The van der Waals surface area contributed by atoms with Crippen LogP contribution >= 0.6 is 11.8 Å². The molecular formula is C13H27NS. The van der Waals surface area contributed by atoms with Crippen LogP contribution in [0.3, 0.4) is 0 Å². The predicted molar refractivity (Wildman–Crippen MR) is 71.7 cm³/mol. The van der Waals surface area contributed by atoms with Gasteiger partial charge in [0.2, 0.25) is 0 Å². The van der Waals surface area contributed by atoms with Gasteiger partial charge >= 0.3 is 0 Å². The summed E-state index contributed by atoms with van der Waals surface area (Å²) < 4.78 is 0. The van der Waals surface area contributed by atoms with Crippen LogP contribution < -0.4 is 5.32 Å². The highest BCUT2D eigenvalue weighted by molar-refractivity contribution is 7.99. The largest absolute Gasteiger partial charge is 0.310 e. The molecule has 1 fully saturated rings. The van der Waals surface area contributed by atoms with Crippen LogP contribution in [0.4, 0.5) is 0 Å². The number of hydrogen-bond acceptors (Lipinski definition) is 2. The molecule has 3 unspecified atom stereocenters. The van der Waals surface area contributed by atoms with E-state index in [2.05, 4.69) is 37.2 Å². The molecule has 1 rings (SSSR count). The van der Waals surface area contributed by atoms with Crippen molar-refractivity contribution in [2.75, 3.05) is 6.26 Å². The molecule has 0 bridgehead atoms. The van der Waals surface area contributed by atoms with E-state index in [4.69, 9.17) is 0 Å². The van der Waals surface area contributed by atoms with Crippen molar-refractivity contribution in [3.63, 3.8) is 0 Å². The minimum atomic E-state index is 0.766. The lowest BCUT2D eigenvalue weighted by atomic mass is 10.1. The summed E-state index contributed by atoms with van der Waals surface area (Å²) in [5.74, 6) is 0. The van der Waals surface area contributed by atoms with Crippen molar-refractivity contribution in [3.8, 4) is 0 Å². The minimum Gasteiger partial charge on any atom is -0.310 e. The number of thioether (sulfide) groups is 1. The monoisotopic (exact) mass is 229 g/mol. The highest BCUT2D eigenvalue weighted by atomic mass is 32.2. The van der Waals surface area contributed by atoms with E-state index in [1.54, 1.807) is 0 Å². The van der Waals surface area contributed by atoms with Crippen LogP contribution in [0.1, 0.15) is 58.8 Å². The second-order valence-corrected chi connectivity index (χ2v) is 5.80. The fourth-order valence-corrected chi connectivity index (χ4v) is 3.50. The molecule has 0 spiro atoms. The summed E-state index contributed by atoms with van der Waals surface area (Å²) in [7, 11) is 0. The van der Waals surface area contributed by atoms with Gasteiger partial charge in [0.1, 0.15) is 0 Å². The van der Waals surface area contributed by atoms with Crippen molar-refractivity contribution < 1.29 is 0 Å². The lowest BCUT2D eigenvalue weighted by Crippen LogP contribution is -2.41. The maximum atomic E-state index is 3.88. The molecule has 0 amide bonds. The van der Waals surface area contributed by atoms with E-state index >= 15 is 0 Å². The van der Waals surface area contributed by atoms with Gasteiger partial charge in [-0.25, -0.2) is 0 Å². The fraction of sp³-hybridized carbons (Fsp3) is 1.00. The van der Waals surface area contributed by atoms with Gasteiger partial charge in [0.05, 0.1) is 0 Å². The van der Waals surface area contributed by atoms with Crippen LogP contribution in [0.25, 0.3) is 0 Å². The Bertz CT molecular complexity index is 161. The zero-order valence-electron chi connectivity index (χ0n) is 10.6. The van der Waals surface area contributed by atoms with Crippen LogP contribution in [-0.4, -0.2) is 23.6 Å². The summed E-state index contributed by atoms with van der Waals surface area (Å²) >= 11 is 2.05. The first-order chi connectivity index (χ1) is 7.31. The third-order valence-electron chi connectivity index (χ3n) is 3.60. The van der Waals surface area contributed by atoms with Gasteiger partial charge in [-0.1, -0.05) is 33.1 Å². The number of rotatable bonds is 7. The maximum Gasteiger partial charge on any atom is 0.0198 e. The Kier molecular flexibility index (Phi) is 6.74. The molecule has 90 valence electrons. The van der Waals surface area contributed by atoms with E-state index in [1.165, 1.54) is 44.9 Å². The van der Waals surface area contributed by atoms with Crippen molar-refractivity contribution in [1.82, 2.24) is 5.32 Å². The standard InChI is InChI=1S/C13H27NS/c1-4-6-8-11(5-2)14-12-9-7-10-13(12)15-3/h11-14H,4-10H2,1-3H3. The van der Waals surface area contributed by atoms with E-state index in [0.717, 1.165) is 17.3 Å². The Morgan fingerprint density at radius 3 is 2.73 bits per heavy atom. The lowest BCUT2D eigenvalue weighted by molar-refractivity contribution is 0.396. The normalized spacial score (nSPS) is 28.2. The maximum absolute atomic E-state index is 3.88. The van der Waals surface area contributed by atoms with Gasteiger partial charge in [-0.2, -0.15) is 11.8 Å². The Morgan fingerprint density at radius 1 is 1.33 bits per heavy atom. The zero-order chi connectivity index (χ0) is 11.1. The first kappa shape index (κ1) is 13.4. The summed E-state index contributed by atoms with van der Waals surface area (Å²) in [6.45, 7) is 4.60. The number of unbranched alkanes of at least 4 members (excludes halogenated alkanes) is 1. The molecule has 1 saturated carbocycles. The van der Waals surface area contributed by atoms with E-state index in [9.17, 15) is 0 Å². The Hall–Kier alpha value is 0.310. The Morgan fingerprint density at radius 2 is 2.13 bits per heavy atom. The van der Waals surface area contributed by atoms with Crippen molar-refractivity contribution in [2.24, 2.45) is 0 Å². The molecular weight excluding hydrogens is 202 g/mol. The predicted octanol–water partition coefficient (Wildman–Crippen LogP) is 3.83. The van der Waals surface area contributed by atoms with Crippen molar-refractivity contribution >= 4 is 11.8 Å². The number of hydrogen-bond donors (Lipinski definition) is 1. The van der Waals surface area contributed by atoms with Crippen LogP contribution in [0, 0.1) is 0 Å². The number of nitrogens with one attached hydrogen (secondary N) is 1.